The number of fused-ring (bicyclic) bond motifs is 1. The van der Waals surface area contributed by atoms with Gasteiger partial charge in [-0.15, -0.1) is 0 Å². The van der Waals surface area contributed by atoms with Crippen LogP contribution in [-0.4, -0.2) is 21.7 Å². The Morgan fingerprint density at radius 3 is 2.91 bits per heavy atom. The van der Waals surface area contributed by atoms with E-state index in [4.69, 9.17) is 0 Å². The number of hydrogen-bond donors (Lipinski definition) is 0. The van der Waals surface area contributed by atoms with E-state index in [1.165, 1.54) is 11.1 Å². The number of nitrogens with zero attached hydrogens (tertiary/aromatic N) is 4. The number of hydrogen-bond acceptors (Lipinski definition) is 5. The second kappa shape index (κ2) is 6.87. The molecular weight excluding hydrogens is 304 g/mol. The molecule has 0 fully saturated rings. The summed E-state index contributed by atoms with van der Waals surface area (Å²) >= 11 is 1.65. The minimum absolute atomic E-state index is 0.776. The fourth-order valence-electron chi connectivity index (χ4n) is 2.43. The zero-order valence-electron chi connectivity index (χ0n) is 13.3. The van der Waals surface area contributed by atoms with Crippen LogP contribution < -0.4 is 0 Å². The van der Waals surface area contributed by atoms with Crippen LogP contribution in [0.3, 0.4) is 0 Å². The van der Waals surface area contributed by atoms with Gasteiger partial charge in [0.15, 0.2) is 0 Å². The van der Waals surface area contributed by atoms with Crippen LogP contribution in [-0.2, 0) is 12.2 Å². The first-order valence-electron chi connectivity index (χ1n) is 7.51. The van der Waals surface area contributed by atoms with Crippen molar-refractivity contribution in [2.24, 2.45) is 4.99 Å². The van der Waals surface area contributed by atoms with E-state index in [0.29, 0.717) is 0 Å². The van der Waals surface area contributed by atoms with E-state index in [9.17, 15) is 0 Å². The van der Waals surface area contributed by atoms with Crippen LogP contribution in [0.1, 0.15) is 23.7 Å². The molecule has 23 heavy (non-hydrogen) atoms. The van der Waals surface area contributed by atoms with Crippen molar-refractivity contribution in [3.05, 3.63) is 53.5 Å². The summed E-state index contributed by atoms with van der Waals surface area (Å²) < 4.78 is 0. The molecule has 2 heterocycles. The highest BCUT2D eigenvalue weighted by molar-refractivity contribution is 7.98. The maximum atomic E-state index is 4.69. The van der Waals surface area contributed by atoms with Gasteiger partial charge in [0, 0.05) is 18.1 Å². The van der Waals surface area contributed by atoms with Crippen molar-refractivity contribution in [2.75, 3.05) is 0 Å². The van der Waals surface area contributed by atoms with Crippen molar-refractivity contribution in [2.45, 2.75) is 31.0 Å². The maximum absolute atomic E-state index is 4.69. The molecule has 0 spiro atoms. The molecule has 0 unspecified atom stereocenters. The van der Waals surface area contributed by atoms with Crippen LogP contribution in [0.25, 0.3) is 11.0 Å². The highest BCUT2D eigenvalue weighted by Crippen LogP contribution is 2.31. The lowest BCUT2D eigenvalue weighted by Gasteiger charge is -2.09. The van der Waals surface area contributed by atoms with Gasteiger partial charge in [0.2, 0.25) is 0 Å². The standard InChI is InChI=1S/C18H18N4S/c1-4-14-10-21-17-13(8-12(2)9-16(17)22-14)11-23-18-15(19-3)6-5-7-20-18/h5-10H,3-4,11H2,1-2H3. The third kappa shape index (κ3) is 3.40. The number of pyridine rings is 1. The molecule has 1 aromatic carbocycles. The van der Waals surface area contributed by atoms with Crippen molar-refractivity contribution in [3.63, 3.8) is 0 Å². The van der Waals surface area contributed by atoms with Crippen molar-refractivity contribution in [1.29, 1.82) is 0 Å². The third-order valence-corrected chi connectivity index (χ3v) is 4.61. The fourth-order valence-corrected chi connectivity index (χ4v) is 3.36. The van der Waals surface area contributed by atoms with Crippen LogP contribution in [0.15, 0.2) is 46.7 Å². The Labute approximate surface area is 140 Å². The molecule has 0 radical (unpaired) electrons. The van der Waals surface area contributed by atoms with E-state index in [1.807, 2.05) is 18.3 Å². The summed E-state index contributed by atoms with van der Waals surface area (Å²) in [6.45, 7) is 7.78. The molecule has 0 amide bonds. The third-order valence-electron chi connectivity index (χ3n) is 3.57. The average molecular weight is 322 g/mol. The SMILES string of the molecule is C=Nc1cccnc1SCc1cc(C)cc2nc(CC)cnc12. The highest BCUT2D eigenvalue weighted by Gasteiger charge is 2.09. The Morgan fingerprint density at radius 1 is 1.26 bits per heavy atom. The summed E-state index contributed by atoms with van der Waals surface area (Å²) in [6.07, 6.45) is 4.53. The predicted molar refractivity (Wildman–Crippen MR) is 96.7 cm³/mol. The second-order valence-corrected chi connectivity index (χ2v) is 6.25. The molecule has 2 aromatic heterocycles. The minimum atomic E-state index is 0.776. The first-order valence-corrected chi connectivity index (χ1v) is 8.49. The molecular formula is C18H18N4S. The van der Waals surface area contributed by atoms with Gasteiger partial charge in [0.05, 0.1) is 22.4 Å². The van der Waals surface area contributed by atoms with Gasteiger partial charge in [-0.2, -0.15) is 0 Å². The quantitative estimate of drug-likeness (QED) is 0.512. The smallest absolute Gasteiger partial charge is 0.122 e. The molecule has 5 heteroatoms. The molecule has 3 rings (SSSR count). The Balaban J connectivity index is 1.95. The minimum Gasteiger partial charge on any atom is -0.262 e. The van der Waals surface area contributed by atoms with E-state index in [2.05, 4.69) is 52.6 Å². The van der Waals surface area contributed by atoms with Gasteiger partial charge < -0.3 is 0 Å². The van der Waals surface area contributed by atoms with E-state index in [0.717, 1.165) is 39.6 Å². The van der Waals surface area contributed by atoms with Crippen molar-refractivity contribution >= 4 is 35.2 Å². The number of thioether (sulfide) groups is 1. The predicted octanol–water partition coefficient (Wildman–Crippen LogP) is 4.52. The molecule has 0 N–H and O–H groups in total. The molecule has 0 aliphatic carbocycles. The van der Waals surface area contributed by atoms with Crippen LogP contribution in [0.5, 0.6) is 0 Å². The molecule has 0 saturated carbocycles. The Morgan fingerprint density at radius 2 is 2.13 bits per heavy atom. The van der Waals surface area contributed by atoms with E-state index >= 15 is 0 Å². The lowest BCUT2D eigenvalue weighted by atomic mass is 10.1. The Bertz CT molecular complexity index is 861. The van der Waals surface area contributed by atoms with Gasteiger partial charge in [-0.25, -0.2) is 9.97 Å². The van der Waals surface area contributed by atoms with Gasteiger partial charge >= 0.3 is 0 Å². The summed E-state index contributed by atoms with van der Waals surface area (Å²) in [5, 5.41) is 0.885. The maximum Gasteiger partial charge on any atom is 0.122 e. The summed E-state index contributed by atoms with van der Waals surface area (Å²) in [6, 6.07) is 8.05. The molecule has 0 atom stereocenters. The van der Waals surface area contributed by atoms with Crippen molar-refractivity contribution in [3.8, 4) is 0 Å². The number of rotatable bonds is 5. The molecule has 4 nitrogen and oxygen atoms in total. The van der Waals surface area contributed by atoms with E-state index in [1.54, 1.807) is 18.0 Å². The van der Waals surface area contributed by atoms with Crippen molar-refractivity contribution < 1.29 is 0 Å². The molecule has 0 saturated heterocycles. The molecule has 0 aliphatic rings. The molecule has 0 aliphatic heterocycles. The first kappa shape index (κ1) is 15.6. The van der Waals surface area contributed by atoms with E-state index < -0.39 is 0 Å². The summed E-state index contributed by atoms with van der Waals surface area (Å²) in [5.74, 6) is 0.776. The Hall–Kier alpha value is -2.27. The number of benzene rings is 1. The number of aryl methyl sites for hydroxylation is 2. The summed E-state index contributed by atoms with van der Waals surface area (Å²) in [7, 11) is 0. The molecule has 0 bridgehead atoms. The summed E-state index contributed by atoms with van der Waals surface area (Å²) in [5.41, 5.74) is 6.12. The normalized spacial score (nSPS) is 10.9. The summed E-state index contributed by atoms with van der Waals surface area (Å²) in [4.78, 5) is 17.7. The van der Waals surface area contributed by atoms with Crippen LogP contribution in [0, 0.1) is 6.92 Å². The van der Waals surface area contributed by atoms with Crippen LogP contribution in [0.4, 0.5) is 5.69 Å². The number of aromatic nitrogens is 3. The van der Waals surface area contributed by atoms with Crippen LogP contribution in [0.2, 0.25) is 0 Å². The molecule has 116 valence electrons. The Kier molecular flexibility index (Phi) is 4.67. The topological polar surface area (TPSA) is 51.0 Å². The lowest BCUT2D eigenvalue weighted by molar-refractivity contribution is 1.03. The second-order valence-electron chi connectivity index (χ2n) is 5.28. The van der Waals surface area contributed by atoms with Gasteiger partial charge in [0.1, 0.15) is 5.03 Å². The fraction of sp³-hybridized carbons (Fsp3) is 0.222. The van der Waals surface area contributed by atoms with Crippen LogP contribution >= 0.6 is 11.8 Å². The number of aliphatic imine (C=N–C) groups is 1. The van der Waals surface area contributed by atoms with Gasteiger partial charge in [-0.1, -0.05) is 24.8 Å². The lowest BCUT2D eigenvalue weighted by Crippen LogP contribution is -1.96. The van der Waals surface area contributed by atoms with Gasteiger partial charge in [-0.05, 0) is 49.4 Å². The first-order chi connectivity index (χ1) is 11.2. The van der Waals surface area contributed by atoms with Gasteiger partial charge in [-0.3, -0.25) is 9.98 Å². The van der Waals surface area contributed by atoms with Crippen molar-refractivity contribution in [1.82, 2.24) is 15.0 Å². The van der Waals surface area contributed by atoms with E-state index in [-0.39, 0.29) is 0 Å². The zero-order valence-corrected chi connectivity index (χ0v) is 14.1. The average Bonchev–Trinajstić information content (AvgIpc) is 2.59. The molecule has 3 aromatic rings. The highest BCUT2D eigenvalue weighted by atomic mass is 32.2. The monoisotopic (exact) mass is 322 g/mol. The van der Waals surface area contributed by atoms with Gasteiger partial charge in [0.25, 0.3) is 0 Å². The largest absolute Gasteiger partial charge is 0.262 e. The zero-order chi connectivity index (χ0) is 16.2.